The Hall–Kier alpha value is -1.19. The highest BCUT2D eigenvalue weighted by Gasteiger charge is 2.26. The van der Waals surface area contributed by atoms with Crippen molar-refractivity contribution in [1.29, 1.82) is 0 Å². The number of hydrogen-bond donors (Lipinski definition) is 1. The molecule has 3 rings (SSSR count). The van der Waals surface area contributed by atoms with Crippen LogP contribution in [0.4, 0.5) is 0 Å². The van der Waals surface area contributed by atoms with E-state index in [1.54, 1.807) is 11.3 Å². The molecule has 1 aromatic heterocycles. The van der Waals surface area contributed by atoms with Crippen LogP contribution < -0.4 is 5.73 Å². The van der Waals surface area contributed by atoms with E-state index in [0.717, 1.165) is 25.0 Å². The molecule has 0 amide bonds. The van der Waals surface area contributed by atoms with Crippen molar-refractivity contribution in [1.82, 2.24) is 4.98 Å². The lowest BCUT2D eigenvalue weighted by molar-refractivity contribution is 0.436. The van der Waals surface area contributed by atoms with Crippen LogP contribution in [0.5, 0.6) is 0 Å². The molecule has 0 bridgehead atoms. The van der Waals surface area contributed by atoms with Crippen molar-refractivity contribution in [2.45, 2.75) is 32.2 Å². The van der Waals surface area contributed by atoms with Gasteiger partial charge in [-0.2, -0.15) is 0 Å². The molecule has 1 aliphatic rings. The summed E-state index contributed by atoms with van der Waals surface area (Å²) in [6, 6.07) is 8.93. The van der Waals surface area contributed by atoms with E-state index in [2.05, 4.69) is 34.6 Å². The molecule has 2 nitrogen and oxygen atoms in total. The Morgan fingerprint density at radius 3 is 2.56 bits per heavy atom. The number of rotatable bonds is 3. The Labute approximate surface area is 112 Å². The molecular weight excluding hydrogens is 240 g/mol. The largest absolute Gasteiger partial charge is 0.327 e. The monoisotopic (exact) mass is 258 g/mol. The van der Waals surface area contributed by atoms with Gasteiger partial charge >= 0.3 is 0 Å². The molecule has 0 saturated heterocycles. The molecule has 0 aliphatic heterocycles. The molecule has 0 radical (unpaired) electrons. The topological polar surface area (TPSA) is 38.9 Å². The lowest BCUT2D eigenvalue weighted by Gasteiger charge is -2.17. The highest BCUT2D eigenvalue weighted by molar-refractivity contribution is 7.09. The fourth-order valence-electron chi connectivity index (χ4n) is 2.76. The molecule has 1 atom stereocenters. The van der Waals surface area contributed by atoms with Gasteiger partial charge in [0.05, 0.1) is 5.01 Å². The van der Waals surface area contributed by atoms with Crippen molar-refractivity contribution in [2.75, 3.05) is 0 Å². The summed E-state index contributed by atoms with van der Waals surface area (Å²) in [5.74, 6) is 0.576. The second-order valence-electron chi connectivity index (χ2n) is 5.19. The zero-order valence-corrected chi connectivity index (χ0v) is 11.4. The maximum Gasteiger partial charge on any atom is 0.0943 e. The van der Waals surface area contributed by atoms with Crippen LogP contribution in [-0.2, 0) is 19.3 Å². The van der Waals surface area contributed by atoms with Gasteiger partial charge < -0.3 is 5.73 Å². The van der Waals surface area contributed by atoms with E-state index in [1.807, 2.05) is 6.92 Å². The van der Waals surface area contributed by atoms with Crippen LogP contribution in [0.25, 0.3) is 0 Å². The van der Waals surface area contributed by atoms with Crippen molar-refractivity contribution in [3.63, 3.8) is 0 Å². The van der Waals surface area contributed by atoms with E-state index in [1.165, 1.54) is 16.1 Å². The normalized spacial score (nSPS) is 16.8. The minimum absolute atomic E-state index is 0.225. The summed E-state index contributed by atoms with van der Waals surface area (Å²) in [5.41, 5.74) is 10.4. The predicted octanol–water partition coefficient (Wildman–Crippen LogP) is 2.74. The maximum absolute atomic E-state index is 6.37. The smallest absolute Gasteiger partial charge is 0.0943 e. The average Bonchev–Trinajstić information content (AvgIpc) is 2.95. The molecular formula is C15H18N2S. The van der Waals surface area contributed by atoms with Gasteiger partial charge in [0.25, 0.3) is 0 Å². The Balaban J connectivity index is 1.67. The molecule has 2 aromatic rings. The third-order valence-electron chi connectivity index (χ3n) is 3.76. The van der Waals surface area contributed by atoms with Crippen molar-refractivity contribution in [3.05, 3.63) is 51.5 Å². The van der Waals surface area contributed by atoms with E-state index in [0.29, 0.717) is 5.92 Å². The zero-order valence-electron chi connectivity index (χ0n) is 10.6. The van der Waals surface area contributed by atoms with E-state index in [9.17, 15) is 0 Å². The first-order valence-corrected chi connectivity index (χ1v) is 7.33. The predicted molar refractivity (Wildman–Crippen MR) is 75.9 cm³/mol. The summed E-state index contributed by atoms with van der Waals surface area (Å²) in [6.45, 7) is 2.04. The molecule has 0 spiro atoms. The first-order valence-electron chi connectivity index (χ1n) is 6.46. The van der Waals surface area contributed by atoms with Gasteiger partial charge in [-0.1, -0.05) is 24.3 Å². The summed E-state index contributed by atoms with van der Waals surface area (Å²) < 4.78 is 0. The van der Waals surface area contributed by atoms with Crippen molar-refractivity contribution in [3.8, 4) is 0 Å². The minimum atomic E-state index is 0.225. The average molecular weight is 258 g/mol. The SMILES string of the molecule is Cc1csc(CC(N)C2Cc3ccccc3C2)n1. The lowest BCUT2D eigenvalue weighted by Crippen LogP contribution is -2.32. The Bertz CT molecular complexity index is 522. The third kappa shape index (κ3) is 2.33. The number of nitrogens with two attached hydrogens (primary N) is 1. The Kier molecular flexibility index (Phi) is 3.18. The Morgan fingerprint density at radius 1 is 1.33 bits per heavy atom. The second-order valence-corrected chi connectivity index (χ2v) is 6.13. The molecule has 1 aliphatic carbocycles. The minimum Gasteiger partial charge on any atom is -0.327 e. The number of aryl methyl sites for hydroxylation is 1. The van der Waals surface area contributed by atoms with Crippen LogP contribution >= 0.6 is 11.3 Å². The molecule has 1 aromatic carbocycles. The summed E-state index contributed by atoms with van der Waals surface area (Å²) >= 11 is 1.73. The molecule has 1 unspecified atom stereocenters. The molecule has 2 N–H and O–H groups in total. The molecule has 18 heavy (non-hydrogen) atoms. The number of aromatic nitrogens is 1. The highest BCUT2D eigenvalue weighted by atomic mass is 32.1. The van der Waals surface area contributed by atoms with Crippen LogP contribution in [0.2, 0.25) is 0 Å². The third-order valence-corrected chi connectivity index (χ3v) is 4.75. The summed E-state index contributed by atoms with van der Waals surface area (Å²) in [6.07, 6.45) is 3.17. The van der Waals surface area contributed by atoms with Crippen molar-refractivity contribution in [2.24, 2.45) is 11.7 Å². The van der Waals surface area contributed by atoms with Gasteiger partial charge in [-0.15, -0.1) is 11.3 Å². The van der Waals surface area contributed by atoms with Crippen molar-refractivity contribution >= 4 is 11.3 Å². The van der Waals surface area contributed by atoms with Gasteiger partial charge in [-0.25, -0.2) is 4.98 Å². The number of hydrogen-bond acceptors (Lipinski definition) is 3. The van der Waals surface area contributed by atoms with E-state index >= 15 is 0 Å². The van der Waals surface area contributed by atoms with Crippen molar-refractivity contribution < 1.29 is 0 Å². The van der Waals surface area contributed by atoms with Gasteiger partial charge in [-0.05, 0) is 36.8 Å². The zero-order chi connectivity index (χ0) is 12.5. The number of nitrogens with zero attached hydrogens (tertiary/aromatic N) is 1. The van der Waals surface area contributed by atoms with Crippen LogP contribution in [-0.4, -0.2) is 11.0 Å². The van der Waals surface area contributed by atoms with Gasteiger partial charge in [0, 0.05) is 23.5 Å². The summed E-state index contributed by atoms with van der Waals surface area (Å²) in [7, 11) is 0. The molecule has 94 valence electrons. The van der Waals surface area contributed by atoms with Crippen LogP contribution in [0.1, 0.15) is 21.8 Å². The molecule has 1 heterocycles. The lowest BCUT2D eigenvalue weighted by atomic mass is 9.95. The second kappa shape index (κ2) is 4.82. The van der Waals surface area contributed by atoms with Gasteiger partial charge in [-0.3, -0.25) is 0 Å². The van der Waals surface area contributed by atoms with Gasteiger partial charge in [0.1, 0.15) is 0 Å². The standard InChI is InChI=1S/C15H18N2S/c1-10-9-18-15(17-10)8-14(16)13-6-11-4-2-3-5-12(11)7-13/h2-5,9,13-14H,6-8,16H2,1H3. The van der Waals surface area contributed by atoms with Gasteiger partial charge in [0.2, 0.25) is 0 Å². The highest BCUT2D eigenvalue weighted by Crippen LogP contribution is 2.29. The first-order chi connectivity index (χ1) is 8.72. The van der Waals surface area contributed by atoms with E-state index in [-0.39, 0.29) is 6.04 Å². The fraction of sp³-hybridized carbons (Fsp3) is 0.400. The molecule has 0 saturated carbocycles. The van der Waals surface area contributed by atoms with Crippen LogP contribution in [0, 0.1) is 12.8 Å². The maximum atomic E-state index is 6.37. The number of fused-ring (bicyclic) bond motifs is 1. The summed E-state index contributed by atoms with van der Waals surface area (Å²) in [4.78, 5) is 4.51. The summed E-state index contributed by atoms with van der Waals surface area (Å²) in [5, 5.41) is 3.28. The van der Waals surface area contributed by atoms with Crippen LogP contribution in [0.15, 0.2) is 29.6 Å². The van der Waals surface area contributed by atoms with Crippen LogP contribution in [0.3, 0.4) is 0 Å². The van der Waals surface area contributed by atoms with Gasteiger partial charge in [0.15, 0.2) is 0 Å². The quantitative estimate of drug-likeness (QED) is 0.919. The van der Waals surface area contributed by atoms with E-state index in [4.69, 9.17) is 5.73 Å². The number of thiazole rings is 1. The Morgan fingerprint density at radius 2 is 2.00 bits per heavy atom. The van der Waals surface area contributed by atoms with E-state index < -0.39 is 0 Å². The fourth-order valence-corrected chi connectivity index (χ4v) is 3.61. The molecule has 0 fully saturated rings. The number of benzene rings is 1. The molecule has 3 heteroatoms. The first kappa shape index (κ1) is 11.9.